The van der Waals surface area contributed by atoms with Crippen LogP contribution in [0.4, 0.5) is 5.69 Å². The number of amides is 1. The minimum Gasteiger partial charge on any atom is -0.490 e. The van der Waals surface area contributed by atoms with E-state index >= 15 is 0 Å². The number of anilines is 1. The molecule has 7 heteroatoms. The van der Waals surface area contributed by atoms with Crippen molar-refractivity contribution in [2.24, 2.45) is 0 Å². The van der Waals surface area contributed by atoms with E-state index in [0.29, 0.717) is 24.7 Å². The topological polar surface area (TPSA) is 80.7 Å². The standard InChI is InChI=1S/C21H24N2O4S/c1-26-9-10-27-19-13-18(20-6-4-2-3-5-11-28-20)23-17-8-7-15(12-16(17)19)22-21(25)14-24/h5-8,11-13,24H,2-4,9-10,14H2,1H3,(H,22,25)/b11-5+,20-6-. The van der Waals surface area contributed by atoms with Crippen LogP contribution in [0, 0.1) is 0 Å². The molecule has 28 heavy (non-hydrogen) atoms. The van der Waals surface area contributed by atoms with E-state index in [2.05, 4.69) is 22.9 Å². The number of carbonyl (C=O) groups is 1. The fourth-order valence-electron chi connectivity index (χ4n) is 2.83. The van der Waals surface area contributed by atoms with Crippen LogP contribution < -0.4 is 10.1 Å². The highest BCUT2D eigenvalue weighted by Gasteiger charge is 2.13. The Morgan fingerprint density at radius 1 is 1.29 bits per heavy atom. The Morgan fingerprint density at radius 2 is 2.18 bits per heavy atom. The third kappa shape index (κ3) is 5.34. The first-order valence-electron chi connectivity index (χ1n) is 9.20. The molecule has 0 bridgehead atoms. The molecular weight excluding hydrogens is 376 g/mol. The molecule has 1 aliphatic rings. The Kier molecular flexibility index (Phi) is 7.47. The second-order valence-electron chi connectivity index (χ2n) is 6.27. The number of nitrogens with zero attached hydrogens (tertiary/aromatic N) is 1. The number of allylic oxidation sites excluding steroid dienone is 2. The number of benzene rings is 1. The number of fused-ring (bicyclic) bond motifs is 1. The van der Waals surface area contributed by atoms with Gasteiger partial charge in [-0.2, -0.15) is 0 Å². The lowest BCUT2D eigenvalue weighted by molar-refractivity contribution is -0.118. The molecule has 2 heterocycles. The quantitative estimate of drug-likeness (QED) is 0.685. The van der Waals surface area contributed by atoms with Crippen LogP contribution in [0.3, 0.4) is 0 Å². The van der Waals surface area contributed by atoms with Gasteiger partial charge in [-0.1, -0.05) is 23.9 Å². The highest BCUT2D eigenvalue weighted by atomic mass is 32.2. The van der Waals surface area contributed by atoms with Gasteiger partial charge in [0.25, 0.3) is 0 Å². The van der Waals surface area contributed by atoms with E-state index in [1.54, 1.807) is 31.0 Å². The minimum absolute atomic E-state index is 0.411. The first-order valence-corrected chi connectivity index (χ1v) is 10.1. The Bertz CT molecular complexity index is 895. The van der Waals surface area contributed by atoms with Crippen molar-refractivity contribution in [2.45, 2.75) is 19.3 Å². The van der Waals surface area contributed by atoms with E-state index in [9.17, 15) is 4.79 Å². The zero-order chi connectivity index (χ0) is 19.8. The Hall–Kier alpha value is -2.35. The summed E-state index contributed by atoms with van der Waals surface area (Å²) in [6, 6.07) is 7.36. The molecule has 0 saturated heterocycles. The number of aromatic nitrogens is 1. The number of rotatable bonds is 7. The molecule has 148 valence electrons. The normalized spacial score (nSPS) is 17.3. The van der Waals surface area contributed by atoms with Gasteiger partial charge in [0, 0.05) is 29.2 Å². The van der Waals surface area contributed by atoms with Gasteiger partial charge in [0.1, 0.15) is 19.0 Å². The summed E-state index contributed by atoms with van der Waals surface area (Å²) < 4.78 is 11.0. The average molecular weight is 401 g/mol. The fraction of sp³-hybridized carbons (Fsp3) is 0.333. The van der Waals surface area contributed by atoms with Crippen molar-refractivity contribution in [3.63, 3.8) is 0 Å². The summed E-state index contributed by atoms with van der Waals surface area (Å²) in [4.78, 5) is 17.4. The molecule has 1 aliphatic heterocycles. The molecule has 0 radical (unpaired) electrons. The Morgan fingerprint density at radius 3 is 3.00 bits per heavy atom. The van der Waals surface area contributed by atoms with Gasteiger partial charge in [-0.15, -0.1) is 0 Å². The average Bonchev–Trinajstić information content (AvgIpc) is 2.68. The summed E-state index contributed by atoms with van der Waals surface area (Å²) in [5.74, 6) is 0.221. The molecule has 2 aromatic rings. The highest BCUT2D eigenvalue weighted by molar-refractivity contribution is 8.10. The van der Waals surface area contributed by atoms with Gasteiger partial charge >= 0.3 is 0 Å². The number of hydrogen-bond acceptors (Lipinski definition) is 6. The number of aliphatic hydroxyl groups is 1. The molecule has 0 fully saturated rings. The number of carbonyl (C=O) groups excluding carboxylic acids is 1. The van der Waals surface area contributed by atoms with Crippen molar-refractivity contribution >= 4 is 39.2 Å². The van der Waals surface area contributed by atoms with Gasteiger partial charge in [-0.3, -0.25) is 4.79 Å². The van der Waals surface area contributed by atoms with Gasteiger partial charge in [-0.25, -0.2) is 4.98 Å². The van der Waals surface area contributed by atoms with Crippen molar-refractivity contribution in [3.05, 3.63) is 47.5 Å². The highest BCUT2D eigenvalue weighted by Crippen LogP contribution is 2.35. The van der Waals surface area contributed by atoms with Gasteiger partial charge in [0.2, 0.25) is 5.91 Å². The molecule has 1 amide bonds. The van der Waals surface area contributed by atoms with Crippen LogP contribution in [0.1, 0.15) is 25.0 Å². The first kappa shape index (κ1) is 20.4. The summed E-state index contributed by atoms with van der Waals surface area (Å²) in [6.07, 6.45) is 7.63. The molecule has 0 atom stereocenters. The van der Waals surface area contributed by atoms with E-state index in [0.717, 1.165) is 40.8 Å². The largest absolute Gasteiger partial charge is 0.490 e. The summed E-state index contributed by atoms with van der Waals surface area (Å²) in [5, 5.41) is 14.5. The number of methoxy groups -OCH3 is 1. The van der Waals surface area contributed by atoms with Crippen LogP contribution in [-0.4, -0.2) is 42.9 Å². The van der Waals surface area contributed by atoms with E-state index in [1.807, 2.05) is 12.1 Å². The molecule has 0 saturated carbocycles. The van der Waals surface area contributed by atoms with Crippen LogP contribution in [-0.2, 0) is 9.53 Å². The minimum atomic E-state index is -0.564. The predicted octanol–water partition coefficient (Wildman–Crippen LogP) is 3.96. The Balaban J connectivity index is 2.00. The SMILES string of the molecule is COCCOc1cc(/C2=C/CCC/C=C/S2)nc2ccc(NC(=O)CO)cc12. The summed E-state index contributed by atoms with van der Waals surface area (Å²) in [6.45, 7) is 0.319. The second kappa shape index (κ2) is 10.3. The molecule has 0 unspecified atom stereocenters. The van der Waals surface area contributed by atoms with Gasteiger partial charge < -0.3 is 19.9 Å². The molecule has 1 aromatic heterocycles. The number of pyridine rings is 1. The molecule has 6 nitrogen and oxygen atoms in total. The maximum Gasteiger partial charge on any atom is 0.250 e. The van der Waals surface area contributed by atoms with Crippen LogP contribution in [0.25, 0.3) is 15.8 Å². The lowest BCUT2D eigenvalue weighted by atomic mass is 10.1. The van der Waals surface area contributed by atoms with Crippen LogP contribution >= 0.6 is 11.8 Å². The number of hydrogen-bond donors (Lipinski definition) is 2. The zero-order valence-corrected chi connectivity index (χ0v) is 16.6. The van der Waals surface area contributed by atoms with Crippen molar-refractivity contribution < 1.29 is 19.4 Å². The number of ether oxygens (including phenoxy) is 2. The third-order valence-corrected chi connectivity index (χ3v) is 5.15. The van der Waals surface area contributed by atoms with Crippen LogP contribution in [0.15, 0.2) is 41.8 Å². The molecular formula is C21H24N2O4S. The first-order chi connectivity index (χ1) is 13.7. The molecule has 3 rings (SSSR count). The van der Waals surface area contributed by atoms with Gasteiger partial charge in [-0.05, 0) is 42.9 Å². The summed E-state index contributed by atoms with van der Waals surface area (Å²) >= 11 is 1.66. The number of aliphatic hydroxyl groups excluding tert-OH is 1. The van der Waals surface area contributed by atoms with Crippen molar-refractivity contribution in [3.8, 4) is 5.75 Å². The maximum atomic E-state index is 11.5. The van der Waals surface area contributed by atoms with Gasteiger partial charge in [0.15, 0.2) is 0 Å². The summed E-state index contributed by atoms with van der Waals surface area (Å²) in [7, 11) is 1.63. The number of nitrogens with one attached hydrogen (secondary N) is 1. The predicted molar refractivity (Wildman–Crippen MR) is 113 cm³/mol. The van der Waals surface area contributed by atoms with Crippen LogP contribution in [0.2, 0.25) is 0 Å². The van der Waals surface area contributed by atoms with E-state index < -0.39 is 12.5 Å². The molecule has 1 aromatic carbocycles. The van der Waals surface area contributed by atoms with E-state index in [4.69, 9.17) is 19.6 Å². The molecule has 2 N–H and O–H groups in total. The second-order valence-corrected chi connectivity index (χ2v) is 7.22. The van der Waals surface area contributed by atoms with Crippen molar-refractivity contribution in [1.82, 2.24) is 4.98 Å². The molecule has 0 aliphatic carbocycles. The maximum absolute atomic E-state index is 11.5. The third-order valence-electron chi connectivity index (χ3n) is 4.19. The van der Waals surface area contributed by atoms with E-state index in [-0.39, 0.29) is 0 Å². The fourth-order valence-corrected chi connectivity index (χ4v) is 3.64. The van der Waals surface area contributed by atoms with Gasteiger partial charge in [0.05, 0.1) is 17.8 Å². The lowest BCUT2D eigenvalue weighted by Crippen LogP contribution is -2.15. The smallest absolute Gasteiger partial charge is 0.250 e. The monoisotopic (exact) mass is 400 g/mol. The van der Waals surface area contributed by atoms with Crippen molar-refractivity contribution in [2.75, 3.05) is 32.2 Å². The lowest BCUT2D eigenvalue weighted by Gasteiger charge is -2.14. The Labute approximate surface area is 168 Å². The van der Waals surface area contributed by atoms with Crippen LogP contribution in [0.5, 0.6) is 5.75 Å². The number of thioether (sulfide) groups is 1. The summed E-state index contributed by atoms with van der Waals surface area (Å²) in [5.41, 5.74) is 2.23. The molecule has 0 spiro atoms. The van der Waals surface area contributed by atoms with Crippen molar-refractivity contribution in [1.29, 1.82) is 0 Å². The van der Waals surface area contributed by atoms with E-state index in [1.165, 1.54) is 0 Å². The zero-order valence-electron chi connectivity index (χ0n) is 15.8.